The average Bonchev–Trinajstić information content (AvgIpc) is 2.60. The summed E-state index contributed by atoms with van der Waals surface area (Å²) in [5, 5.41) is 16.1. The van der Waals surface area contributed by atoms with Crippen molar-refractivity contribution < 1.29 is 9.90 Å². The monoisotopic (exact) mass is 291 g/mol. The smallest absolute Gasteiger partial charge is 0.269 e. The zero-order valence-electron chi connectivity index (χ0n) is 9.89. The van der Waals surface area contributed by atoms with Gasteiger partial charge in [-0.3, -0.25) is 4.79 Å². The van der Waals surface area contributed by atoms with Crippen molar-refractivity contribution in [2.45, 2.75) is 25.5 Å². The van der Waals surface area contributed by atoms with Crippen LogP contribution < -0.4 is 10.6 Å². The van der Waals surface area contributed by atoms with Crippen LogP contribution in [0, 0.1) is 6.92 Å². The number of H-pyrrole nitrogens is 1. The van der Waals surface area contributed by atoms with Crippen LogP contribution in [0.5, 0.6) is 0 Å². The fraction of sp³-hybridized carbons (Fsp3) is 0.545. The van der Waals surface area contributed by atoms with E-state index >= 15 is 0 Å². The summed E-state index contributed by atoms with van der Waals surface area (Å²) in [4.78, 5) is 14.9. The molecule has 100 valence electrons. The highest BCUT2D eigenvalue weighted by molar-refractivity contribution is 6.44. The molecule has 0 saturated carbocycles. The Labute approximate surface area is 115 Å². The molecule has 5 nitrogen and oxygen atoms in total. The first kappa shape index (κ1) is 13.7. The first-order valence-corrected chi connectivity index (χ1v) is 6.49. The number of β-amino-alcohol motifs (C(OH)–C–C–N with tert-alkyl or cyclic N) is 1. The third kappa shape index (κ3) is 2.64. The highest BCUT2D eigenvalue weighted by Gasteiger charge is 2.26. The van der Waals surface area contributed by atoms with Gasteiger partial charge in [0.15, 0.2) is 0 Å². The minimum absolute atomic E-state index is 0.218. The van der Waals surface area contributed by atoms with Gasteiger partial charge in [0.2, 0.25) is 0 Å². The highest BCUT2D eigenvalue weighted by Crippen LogP contribution is 2.29. The average molecular weight is 292 g/mol. The molecule has 2 atom stereocenters. The SMILES string of the molecule is Cc1[nH]c(C(=O)N[C@@H]2CCNC[C@H]2O)c(Cl)c1Cl. The summed E-state index contributed by atoms with van der Waals surface area (Å²) < 4.78 is 0. The molecule has 1 saturated heterocycles. The molecule has 2 heterocycles. The minimum atomic E-state index is -0.590. The van der Waals surface area contributed by atoms with Crippen molar-refractivity contribution in [1.82, 2.24) is 15.6 Å². The lowest BCUT2D eigenvalue weighted by atomic mass is 10.0. The number of amides is 1. The Balaban J connectivity index is 2.09. The molecule has 0 aromatic carbocycles. The molecular weight excluding hydrogens is 277 g/mol. The van der Waals surface area contributed by atoms with Gasteiger partial charge in [-0.15, -0.1) is 0 Å². The molecule has 0 spiro atoms. The van der Waals surface area contributed by atoms with Crippen molar-refractivity contribution in [3.63, 3.8) is 0 Å². The Hall–Kier alpha value is -0.750. The summed E-state index contributed by atoms with van der Waals surface area (Å²) in [5.74, 6) is -0.346. The summed E-state index contributed by atoms with van der Waals surface area (Å²) in [5.41, 5.74) is 0.891. The van der Waals surface area contributed by atoms with E-state index in [-0.39, 0.29) is 22.7 Å². The molecule has 18 heavy (non-hydrogen) atoms. The van der Waals surface area contributed by atoms with Gasteiger partial charge in [-0.1, -0.05) is 23.2 Å². The van der Waals surface area contributed by atoms with E-state index in [2.05, 4.69) is 15.6 Å². The molecule has 1 fully saturated rings. The van der Waals surface area contributed by atoms with Crippen LogP contribution in [0.4, 0.5) is 0 Å². The molecule has 0 bridgehead atoms. The second kappa shape index (κ2) is 5.48. The maximum absolute atomic E-state index is 12.0. The van der Waals surface area contributed by atoms with E-state index < -0.39 is 6.10 Å². The molecule has 1 amide bonds. The first-order valence-electron chi connectivity index (χ1n) is 5.74. The first-order chi connectivity index (χ1) is 8.50. The van der Waals surface area contributed by atoms with Crippen molar-refractivity contribution in [2.75, 3.05) is 13.1 Å². The van der Waals surface area contributed by atoms with E-state index in [1.807, 2.05) is 0 Å². The number of aryl methyl sites for hydroxylation is 1. The number of carbonyl (C=O) groups excluding carboxylic acids is 1. The standard InChI is InChI=1S/C11H15Cl2N3O2/c1-5-8(12)9(13)10(15-5)11(18)16-6-2-3-14-4-7(6)17/h6-7,14-15,17H,2-4H2,1H3,(H,16,18)/t6-,7-/m1/s1. The van der Waals surface area contributed by atoms with Crippen LogP contribution in [0.3, 0.4) is 0 Å². The summed E-state index contributed by atoms with van der Waals surface area (Å²) in [6.07, 6.45) is 0.0887. The molecule has 1 aliphatic rings. The number of rotatable bonds is 2. The van der Waals surface area contributed by atoms with Gasteiger partial charge in [0.25, 0.3) is 5.91 Å². The van der Waals surface area contributed by atoms with Gasteiger partial charge in [0, 0.05) is 12.2 Å². The van der Waals surface area contributed by atoms with Crippen LogP contribution in [0.15, 0.2) is 0 Å². The van der Waals surface area contributed by atoms with E-state index in [1.54, 1.807) is 6.92 Å². The third-order valence-corrected chi connectivity index (χ3v) is 3.99. The van der Waals surface area contributed by atoms with Gasteiger partial charge in [-0.05, 0) is 19.9 Å². The molecule has 4 N–H and O–H groups in total. The Kier molecular flexibility index (Phi) is 4.17. The van der Waals surface area contributed by atoms with Gasteiger partial charge in [-0.2, -0.15) is 0 Å². The maximum atomic E-state index is 12.0. The lowest BCUT2D eigenvalue weighted by Crippen LogP contribution is -2.52. The largest absolute Gasteiger partial charge is 0.390 e. The number of aliphatic hydroxyl groups excluding tert-OH is 1. The third-order valence-electron chi connectivity index (χ3n) is 3.05. The lowest BCUT2D eigenvalue weighted by Gasteiger charge is -2.28. The van der Waals surface area contributed by atoms with E-state index in [0.29, 0.717) is 23.7 Å². The normalized spacial score (nSPS) is 24.0. The van der Waals surface area contributed by atoms with Crippen LogP contribution >= 0.6 is 23.2 Å². The zero-order valence-corrected chi connectivity index (χ0v) is 11.4. The van der Waals surface area contributed by atoms with Crippen LogP contribution in [0.25, 0.3) is 0 Å². The van der Waals surface area contributed by atoms with Crippen LogP contribution in [0.1, 0.15) is 22.6 Å². The Morgan fingerprint density at radius 1 is 1.44 bits per heavy atom. The van der Waals surface area contributed by atoms with E-state index in [0.717, 1.165) is 6.54 Å². The summed E-state index contributed by atoms with van der Waals surface area (Å²) in [6, 6.07) is -0.266. The second-order valence-electron chi connectivity index (χ2n) is 4.39. The number of nitrogens with one attached hydrogen (secondary N) is 3. The van der Waals surface area contributed by atoms with Crippen molar-refractivity contribution in [3.8, 4) is 0 Å². The minimum Gasteiger partial charge on any atom is -0.390 e. The van der Waals surface area contributed by atoms with Gasteiger partial charge in [0.05, 0.1) is 22.2 Å². The van der Waals surface area contributed by atoms with Crippen molar-refractivity contribution >= 4 is 29.1 Å². The number of piperidine rings is 1. The second-order valence-corrected chi connectivity index (χ2v) is 5.15. The van der Waals surface area contributed by atoms with Crippen LogP contribution in [0.2, 0.25) is 10.0 Å². The molecule has 0 radical (unpaired) electrons. The molecular formula is C11H15Cl2N3O2. The van der Waals surface area contributed by atoms with Gasteiger partial charge in [0.1, 0.15) is 5.69 Å². The number of carbonyl (C=O) groups is 1. The number of aromatic amines is 1. The molecule has 1 aromatic rings. The van der Waals surface area contributed by atoms with Gasteiger partial charge in [-0.25, -0.2) is 0 Å². The van der Waals surface area contributed by atoms with Gasteiger partial charge < -0.3 is 20.7 Å². The molecule has 1 aromatic heterocycles. The summed E-state index contributed by atoms with van der Waals surface area (Å²) in [7, 11) is 0. The summed E-state index contributed by atoms with van der Waals surface area (Å²) in [6.45, 7) is 2.98. The molecule has 2 rings (SSSR count). The Morgan fingerprint density at radius 3 is 2.72 bits per heavy atom. The van der Waals surface area contributed by atoms with Crippen molar-refractivity contribution in [1.29, 1.82) is 0 Å². The quantitative estimate of drug-likeness (QED) is 0.659. The topological polar surface area (TPSA) is 77.2 Å². The molecule has 0 unspecified atom stereocenters. The fourth-order valence-electron chi connectivity index (χ4n) is 1.98. The van der Waals surface area contributed by atoms with E-state index in [9.17, 15) is 9.90 Å². The van der Waals surface area contributed by atoms with E-state index in [4.69, 9.17) is 23.2 Å². The highest BCUT2D eigenvalue weighted by atomic mass is 35.5. The molecule has 7 heteroatoms. The maximum Gasteiger partial charge on any atom is 0.269 e. The van der Waals surface area contributed by atoms with Crippen LogP contribution in [-0.2, 0) is 0 Å². The predicted octanol–water partition coefficient (Wildman–Crippen LogP) is 1.08. The summed E-state index contributed by atoms with van der Waals surface area (Å²) >= 11 is 11.9. The van der Waals surface area contributed by atoms with Crippen molar-refractivity contribution in [2.24, 2.45) is 0 Å². The molecule has 1 aliphatic heterocycles. The predicted molar refractivity (Wildman–Crippen MR) is 70.3 cm³/mol. The molecule has 0 aliphatic carbocycles. The number of hydrogen-bond donors (Lipinski definition) is 4. The Morgan fingerprint density at radius 2 is 2.17 bits per heavy atom. The zero-order chi connectivity index (χ0) is 13.3. The van der Waals surface area contributed by atoms with E-state index in [1.165, 1.54) is 0 Å². The van der Waals surface area contributed by atoms with Crippen LogP contribution in [-0.4, -0.2) is 41.2 Å². The lowest BCUT2D eigenvalue weighted by molar-refractivity contribution is 0.0762. The number of halogens is 2. The van der Waals surface area contributed by atoms with Crippen molar-refractivity contribution in [3.05, 3.63) is 21.4 Å². The fourth-order valence-corrected chi connectivity index (χ4v) is 2.40. The number of hydrogen-bond acceptors (Lipinski definition) is 3. The number of aromatic nitrogens is 1. The number of aliphatic hydroxyl groups is 1. The Bertz CT molecular complexity index is 461. The van der Waals surface area contributed by atoms with Gasteiger partial charge >= 0.3 is 0 Å².